The van der Waals surface area contributed by atoms with Crippen LogP contribution in [-0.2, 0) is 12.8 Å². The summed E-state index contributed by atoms with van der Waals surface area (Å²) in [5.74, 6) is 2.40. The lowest BCUT2D eigenvalue weighted by Crippen LogP contribution is -2.44. The number of hydrogen-bond donors (Lipinski definition) is 1. The highest BCUT2D eigenvalue weighted by Gasteiger charge is 2.18. The molecule has 2 rings (SSSR count). The minimum Gasteiger partial charge on any atom is -0.380 e. The minimum atomic E-state index is -0.640. The molecule has 0 saturated carbocycles. The Hall–Kier alpha value is -1.50. The van der Waals surface area contributed by atoms with Crippen LogP contribution in [0.15, 0.2) is 12.1 Å². The van der Waals surface area contributed by atoms with Crippen LogP contribution in [-0.4, -0.2) is 49.3 Å². The first-order chi connectivity index (χ1) is 10.5. The summed E-state index contributed by atoms with van der Waals surface area (Å²) in [6, 6.07) is 4.57. The molecule has 3 heteroatoms. The summed E-state index contributed by atoms with van der Waals surface area (Å²) in [4.78, 5) is 4.87. The second-order valence-corrected chi connectivity index (χ2v) is 6.26. The Kier molecular flexibility index (Phi) is 5.88. The second kappa shape index (κ2) is 7.67. The van der Waals surface area contributed by atoms with Gasteiger partial charge in [0.25, 0.3) is 0 Å². The van der Waals surface area contributed by atoms with Crippen molar-refractivity contribution in [3.05, 3.63) is 28.8 Å². The topological polar surface area (TPSA) is 26.7 Å². The number of benzene rings is 1. The van der Waals surface area contributed by atoms with Crippen LogP contribution in [0.2, 0.25) is 0 Å². The Balaban J connectivity index is 2.22. The van der Waals surface area contributed by atoms with E-state index >= 15 is 0 Å². The fraction of sp³-hybridized carbons (Fsp3) is 0.579. The van der Waals surface area contributed by atoms with Crippen LogP contribution in [0.3, 0.4) is 0 Å². The monoisotopic (exact) mass is 300 g/mol. The summed E-state index contributed by atoms with van der Waals surface area (Å²) in [6.07, 6.45) is 7.13. The Bertz CT molecular complexity index is 539. The lowest BCUT2D eigenvalue weighted by molar-refractivity contribution is 0.222. The molecule has 120 valence electrons. The van der Waals surface area contributed by atoms with Crippen molar-refractivity contribution >= 4 is 5.69 Å². The van der Waals surface area contributed by atoms with E-state index in [-0.39, 0.29) is 0 Å². The maximum absolute atomic E-state index is 9.60. The minimum absolute atomic E-state index is 0.630. The number of aliphatic hydroxyl groups excluding tert-OH is 1. The Morgan fingerprint density at radius 1 is 1.27 bits per heavy atom. The number of terminal acetylenes is 1. The van der Waals surface area contributed by atoms with Gasteiger partial charge in [-0.25, -0.2) is 0 Å². The van der Waals surface area contributed by atoms with Crippen molar-refractivity contribution in [1.82, 2.24) is 4.90 Å². The Morgan fingerprint density at radius 2 is 1.95 bits per heavy atom. The van der Waals surface area contributed by atoms with E-state index in [9.17, 15) is 5.11 Å². The van der Waals surface area contributed by atoms with Crippen molar-refractivity contribution in [2.24, 2.45) is 0 Å². The molecule has 1 fully saturated rings. The molecule has 1 aliphatic heterocycles. The average Bonchev–Trinajstić information content (AvgIpc) is 2.54. The third-order valence-electron chi connectivity index (χ3n) is 4.67. The van der Waals surface area contributed by atoms with Gasteiger partial charge in [-0.15, -0.1) is 6.42 Å². The standard InChI is InChI=1S/C19H28N2O/c1-5-17-13-16(7-8-18(22)6-2)14-19(15(17)3)21-11-9-20(4)10-12-21/h2,13-14,18,22H,5,7-12H2,1,3-4H3. The quantitative estimate of drug-likeness (QED) is 0.845. The SMILES string of the molecule is C#CC(O)CCc1cc(CC)c(C)c(N2CCN(C)CC2)c1. The van der Waals surface area contributed by atoms with E-state index in [2.05, 4.69) is 48.7 Å². The van der Waals surface area contributed by atoms with Crippen LogP contribution in [0, 0.1) is 19.3 Å². The maximum atomic E-state index is 9.60. The highest BCUT2D eigenvalue weighted by atomic mass is 16.3. The van der Waals surface area contributed by atoms with Crippen molar-refractivity contribution in [3.63, 3.8) is 0 Å². The summed E-state index contributed by atoms with van der Waals surface area (Å²) >= 11 is 0. The lowest BCUT2D eigenvalue weighted by atomic mass is 9.96. The molecule has 1 heterocycles. The number of likely N-dealkylation sites (N-methyl/N-ethyl adjacent to an activating group) is 1. The molecule has 1 N–H and O–H groups in total. The first-order valence-electron chi connectivity index (χ1n) is 8.25. The summed E-state index contributed by atoms with van der Waals surface area (Å²) in [5.41, 5.74) is 5.44. The van der Waals surface area contributed by atoms with Crippen molar-refractivity contribution in [3.8, 4) is 12.3 Å². The van der Waals surface area contributed by atoms with Crippen LogP contribution in [0.4, 0.5) is 5.69 Å². The number of hydrogen-bond acceptors (Lipinski definition) is 3. The number of aryl methyl sites for hydroxylation is 2. The molecule has 1 aliphatic rings. The van der Waals surface area contributed by atoms with Crippen molar-refractivity contribution in [2.75, 3.05) is 38.1 Å². The van der Waals surface area contributed by atoms with Crippen LogP contribution in [0.25, 0.3) is 0 Å². The normalized spacial score (nSPS) is 17.3. The molecular weight excluding hydrogens is 272 g/mol. The van der Waals surface area contributed by atoms with E-state index in [4.69, 9.17) is 6.42 Å². The van der Waals surface area contributed by atoms with Gasteiger partial charge in [0.2, 0.25) is 0 Å². The van der Waals surface area contributed by atoms with Crippen LogP contribution >= 0.6 is 0 Å². The fourth-order valence-corrected chi connectivity index (χ4v) is 3.10. The highest BCUT2D eigenvalue weighted by Crippen LogP contribution is 2.27. The Morgan fingerprint density at radius 3 is 2.55 bits per heavy atom. The third-order valence-corrected chi connectivity index (χ3v) is 4.67. The van der Waals surface area contributed by atoms with Gasteiger partial charge in [-0.05, 0) is 56.0 Å². The van der Waals surface area contributed by atoms with Crippen molar-refractivity contribution in [1.29, 1.82) is 0 Å². The van der Waals surface area contributed by atoms with E-state index in [1.807, 2.05) is 0 Å². The largest absolute Gasteiger partial charge is 0.380 e. The first kappa shape index (κ1) is 16.9. The number of aliphatic hydroxyl groups is 1. The molecule has 1 atom stereocenters. The van der Waals surface area contributed by atoms with Gasteiger partial charge in [0, 0.05) is 31.9 Å². The van der Waals surface area contributed by atoms with Crippen molar-refractivity contribution in [2.45, 2.75) is 39.2 Å². The molecule has 22 heavy (non-hydrogen) atoms. The summed E-state index contributed by atoms with van der Waals surface area (Å²) in [7, 11) is 2.18. The molecule has 0 aromatic heterocycles. The van der Waals surface area contributed by atoms with Gasteiger partial charge in [0.1, 0.15) is 6.10 Å². The van der Waals surface area contributed by atoms with Crippen LogP contribution in [0.5, 0.6) is 0 Å². The van der Waals surface area contributed by atoms with Gasteiger partial charge in [0.15, 0.2) is 0 Å². The maximum Gasteiger partial charge on any atom is 0.114 e. The molecule has 0 amide bonds. The van der Waals surface area contributed by atoms with E-state index in [1.165, 1.54) is 22.4 Å². The molecule has 0 aliphatic carbocycles. The van der Waals surface area contributed by atoms with E-state index in [0.29, 0.717) is 6.42 Å². The van der Waals surface area contributed by atoms with E-state index in [1.54, 1.807) is 0 Å². The summed E-state index contributed by atoms with van der Waals surface area (Å²) in [5, 5.41) is 9.60. The van der Waals surface area contributed by atoms with Gasteiger partial charge in [0.05, 0.1) is 0 Å². The van der Waals surface area contributed by atoms with Gasteiger partial charge >= 0.3 is 0 Å². The molecule has 1 saturated heterocycles. The van der Waals surface area contributed by atoms with Crippen molar-refractivity contribution < 1.29 is 5.11 Å². The van der Waals surface area contributed by atoms with E-state index in [0.717, 1.165) is 39.0 Å². The highest BCUT2D eigenvalue weighted by molar-refractivity contribution is 5.59. The molecule has 1 aromatic carbocycles. The molecule has 0 bridgehead atoms. The Labute approximate surface area is 134 Å². The zero-order chi connectivity index (χ0) is 16.1. The number of nitrogens with zero attached hydrogens (tertiary/aromatic N) is 2. The third kappa shape index (κ3) is 4.03. The molecule has 0 radical (unpaired) electrons. The zero-order valence-corrected chi connectivity index (χ0v) is 14.1. The summed E-state index contributed by atoms with van der Waals surface area (Å²) < 4.78 is 0. The number of anilines is 1. The lowest BCUT2D eigenvalue weighted by Gasteiger charge is -2.35. The molecule has 3 nitrogen and oxygen atoms in total. The molecule has 1 unspecified atom stereocenters. The number of rotatable bonds is 5. The molecule has 1 aromatic rings. The molecule has 0 spiro atoms. The van der Waals surface area contributed by atoms with E-state index < -0.39 is 6.10 Å². The zero-order valence-electron chi connectivity index (χ0n) is 14.1. The average molecular weight is 300 g/mol. The van der Waals surface area contributed by atoms with Gasteiger partial charge in [-0.2, -0.15) is 0 Å². The smallest absolute Gasteiger partial charge is 0.114 e. The van der Waals surface area contributed by atoms with Crippen LogP contribution < -0.4 is 4.90 Å². The number of piperazine rings is 1. The van der Waals surface area contributed by atoms with Gasteiger partial charge in [-0.1, -0.05) is 18.9 Å². The summed E-state index contributed by atoms with van der Waals surface area (Å²) in [6.45, 7) is 8.82. The fourth-order valence-electron chi connectivity index (χ4n) is 3.10. The predicted octanol–water partition coefficient (Wildman–Crippen LogP) is 2.24. The van der Waals surface area contributed by atoms with Gasteiger partial charge in [-0.3, -0.25) is 0 Å². The van der Waals surface area contributed by atoms with Crippen LogP contribution in [0.1, 0.15) is 30.0 Å². The molecular formula is C19H28N2O. The first-order valence-corrected chi connectivity index (χ1v) is 8.25. The second-order valence-electron chi connectivity index (χ2n) is 6.26. The predicted molar refractivity (Wildman–Crippen MR) is 93.4 cm³/mol. The van der Waals surface area contributed by atoms with Gasteiger partial charge < -0.3 is 14.9 Å².